The monoisotopic (exact) mass is 557 g/mol. The number of nitrogens with one attached hydrogen (secondary N) is 1. The number of nitriles is 1. The van der Waals surface area contributed by atoms with Gasteiger partial charge in [-0.05, 0) is 85.1 Å². The highest BCUT2D eigenvalue weighted by Gasteiger charge is 2.36. The van der Waals surface area contributed by atoms with E-state index in [9.17, 15) is 33.1 Å². The summed E-state index contributed by atoms with van der Waals surface area (Å²) < 4.78 is 48.7. The predicted octanol–water partition coefficient (Wildman–Crippen LogP) is 7.04. The second kappa shape index (κ2) is 10.4. The van der Waals surface area contributed by atoms with E-state index in [0.29, 0.717) is 28.0 Å². The Labute approximate surface area is 231 Å². The van der Waals surface area contributed by atoms with Gasteiger partial charge in [0.1, 0.15) is 28.8 Å². The van der Waals surface area contributed by atoms with Crippen LogP contribution in [-0.2, 0) is 12.7 Å². The molecule has 0 fully saturated rings. The molecule has 2 N–H and O–H groups in total. The number of pyridine rings is 1. The number of hydrogen-bond donors (Lipinski definition) is 2. The number of aryl methyl sites for hydroxylation is 2. The van der Waals surface area contributed by atoms with Crippen LogP contribution in [0.5, 0.6) is 11.5 Å². The smallest absolute Gasteiger partial charge is 0.417 e. The number of aromatic carboxylic acids is 1. The van der Waals surface area contributed by atoms with E-state index < -0.39 is 28.8 Å². The molecule has 3 aromatic carbocycles. The third-order valence-corrected chi connectivity index (χ3v) is 6.75. The average molecular weight is 558 g/mol. The van der Waals surface area contributed by atoms with Gasteiger partial charge in [0, 0.05) is 10.9 Å². The molecule has 0 aliphatic rings. The zero-order valence-corrected chi connectivity index (χ0v) is 21.8. The van der Waals surface area contributed by atoms with Gasteiger partial charge in [-0.15, -0.1) is 0 Å². The molecule has 7 nitrogen and oxygen atoms in total. The Morgan fingerprint density at radius 3 is 2.34 bits per heavy atom. The van der Waals surface area contributed by atoms with E-state index in [1.807, 2.05) is 32.0 Å². The van der Waals surface area contributed by atoms with Crippen molar-refractivity contribution < 1.29 is 27.8 Å². The number of fused-ring (bicyclic) bond motifs is 1. The van der Waals surface area contributed by atoms with Crippen molar-refractivity contribution in [3.05, 3.63) is 117 Å². The number of carbonyl (C=O) groups is 1. The van der Waals surface area contributed by atoms with E-state index in [1.165, 1.54) is 28.8 Å². The molecule has 0 amide bonds. The number of aromatic nitrogens is 2. The number of aromatic amines is 1. The van der Waals surface area contributed by atoms with Crippen LogP contribution in [0.15, 0.2) is 77.6 Å². The van der Waals surface area contributed by atoms with E-state index in [4.69, 9.17) is 4.74 Å². The van der Waals surface area contributed by atoms with Gasteiger partial charge in [0.2, 0.25) is 0 Å². The first-order chi connectivity index (χ1) is 19.4. The standard InChI is InChI=1S/C31H22F3N3O4/c1-17-3-4-20(18(2)11-17)16-37-28(14-25(31(32,33)34)24(15-35)29(37)38)19-5-7-22(8-6-19)41-23-9-10-26-21(12-23)13-27(36-26)30(39)40/h3-14,36H,16H2,1-2H3,(H,39,40). The number of benzene rings is 3. The molecule has 41 heavy (non-hydrogen) atoms. The van der Waals surface area contributed by atoms with E-state index in [1.54, 1.807) is 30.3 Å². The molecule has 5 rings (SSSR count). The van der Waals surface area contributed by atoms with Crippen molar-refractivity contribution >= 4 is 16.9 Å². The Kier molecular flexibility index (Phi) is 6.89. The van der Waals surface area contributed by atoms with Crippen molar-refractivity contribution in [3.8, 4) is 28.8 Å². The number of halogens is 3. The summed E-state index contributed by atoms with van der Waals surface area (Å²) in [4.78, 5) is 27.3. The Hall–Kier alpha value is -5.30. The van der Waals surface area contributed by atoms with Crippen LogP contribution in [0.4, 0.5) is 13.2 Å². The van der Waals surface area contributed by atoms with Crippen LogP contribution < -0.4 is 10.3 Å². The molecule has 0 aliphatic carbocycles. The van der Waals surface area contributed by atoms with Crippen molar-refractivity contribution in [2.24, 2.45) is 0 Å². The molecule has 5 aromatic rings. The molecule has 0 saturated carbocycles. The molecule has 206 valence electrons. The summed E-state index contributed by atoms with van der Waals surface area (Å²) in [6.07, 6.45) is -4.90. The fraction of sp³-hybridized carbons (Fsp3) is 0.129. The van der Waals surface area contributed by atoms with Gasteiger partial charge in [0.15, 0.2) is 0 Å². The molecule has 0 bridgehead atoms. The van der Waals surface area contributed by atoms with Gasteiger partial charge in [-0.1, -0.05) is 23.8 Å². The number of H-pyrrole nitrogens is 1. The van der Waals surface area contributed by atoms with Crippen LogP contribution in [-0.4, -0.2) is 20.6 Å². The molecule has 0 spiro atoms. The third-order valence-electron chi connectivity index (χ3n) is 6.75. The van der Waals surface area contributed by atoms with Crippen molar-refractivity contribution in [3.63, 3.8) is 0 Å². The Balaban J connectivity index is 1.55. The number of alkyl halides is 3. The van der Waals surface area contributed by atoms with E-state index in [2.05, 4.69) is 4.98 Å². The second-order valence-corrected chi connectivity index (χ2v) is 9.61. The molecule has 0 radical (unpaired) electrons. The molecule has 2 aromatic heterocycles. The number of nitrogens with zero attached hydrogens (tertiary/aromatic N) is 2. The maximum absolute atomic E-state index is 13.9. The zero-order chi connectivity index (χ0) is 29.5. The summed E-state index contributed by atoms with van der Waals surface area (Å²) >= 11 is 0. The topological polar surface area (TPSA) is 108 Å². The molecular formula is C31H22F3N3O4. The van der Waals surface area contributed by atoms with Crippen LogP contribution in [0.25, 0.3) is 22.2 Å². The lowest BCUT2D eigenvalue weighted by Gasteiger charge is -2.19. The van der Waals surface area contributed by atoms with Crippen LogP contribution >= 0.6 is 0 Å². The molecule has 2 heterocycles. The second-order valence-electron chi connectivity index (χ2n) is 9.61. The number of hydrogen-bond acceptors (Lipinski definition) is 4. The summed E-state index contributed by atoms with van der Waals surface area (Å²) in [6.45, 7) is 3.73. The zero-order valence-electron chi connectivity index (χ0n) is 21.8. The minimum atomic E-state index is -4.90. The largest absolute Gasteiger partial charge is 0.477 e. The van der Waals surface area contributed by atoms with Crippen molar-refractivity contribution in [1.82, 2.24) is 9.55 Å². The molecule has 0 saturated heterocycles. The normalized spacial score (nSPS) is 11.4. The summed E-state index contributed by atoms with van der Waals surface area (Å²) in [6, 6.07) is 20.5. The summed E-state index contributed by atoms with van der Waals surface area (Å²) in [5.41, 5.74) is 0.283. The highest BCUT2D eigenvalue weighted by Crippen LogP contribution is 2.35. The summed E-state index contributed by atoms with van der Waals surface area (Å²) in [5.74, 6) is -0.299. The van der Waals surface area contributed by atoms with Gasteiger partial charge in [-0.3, -0.25) is 4.79 Å². The maximum Gasteiger partial charge on any atom is 0.417 e. The molecule has 0 aliphatic heterocycles. The van der Waals surface area contributed by atoms with Crippen molar-refractivity contribution in [2.75, 3.05) is 0 Å². The number of rotatable bonds is 6. The number of carboxylic acid groups (broad SMARTS) is 1. The highest BCUT2D eigenvalue weighted by molar-refractivity contribution is 5.94. The van der Waals surface area contributed by atoms with Crippen LogP contribution in [0.2, 0.25) is 0 Å². The van der Waals surface area contributed by atoms with Crippen molar-refractivity contribution in [1.29, 1.82) is 5.26 Å². The van der Waals surface area contributed by atoms with E-state index >= 15 is 0 Å². The summed E-state index contributed by atoms with van der Waals surface area (Å²) in [7, 11) is 0. The van der Waals surface area contributed by atoms with Gasteiger partial charge in [-0.2, -0.15) is 18.4 Å². The minimum absolute atomic E-state index is 0.00259. The van der Waals surface area contributed by atoms with Gasteiger partial charge < -0.3 is 19.4 Å². The van der Waals surface area contributed by atoms with Gasteiger partial charge in [0.25, 0.3) is 5.56 Å². The summed E-state index contributed by atoms with van der Waals surface area (Å²) in [5, 5.41) is 19.3. The Morgan fingerprint density at radius 1 is 1.00 bits per heavy atom. The first-order valence-electron chi connectivity index (χ1n) is 12.4. The lowest BCUT2D eigenvalue weighted by Crippen LogP contribution is -2.29. The van der Waals surface area contributed by atoms with Gasteiger partial charge in [0.05, 0.1) is 17.8 Å². The quantitative estimate of drug-likeness (QED) is 0.233. The predicted molar refractivity (Wildman–Crippen MR) is 146 cm³/mol. The SMILES string of the molecule is Cc1ccc(Cn2c(-c3ccc(Oc4ccc5[nH]c(C(=O)O)cc5c4)cc3)cc(C(F)(F)F)c(C#N)c2=O)c(C)c1. The fourth-order valence-corrected chi connectivity index (χ4v) is 4.69. The van der Waals surface area contributed by atoms with Crippen LogP contribution in [0, 0.1) is 25.2 Å². The lowest BCUT2D eigenvalue weighted by molar-refractivity contribution is -0.137. The van der Waals surface area contributed by atoms with Gasteiger partial charge in [-0.25, -0.2) is 4.79 Å². The van der Waals surface area contributed by atoms with Crippen LogP contribution in [0.1, 0.15) is 38.3 Å². The minimum Gasteiger partial charge on any atom is -0.477 e. The lowest BCUT2D eigenvalue weighted by atomic mass is 10.0. The number of ether oxygens (including phenoxy) is 1. The molecule has 0 unspecified atom stereocenters. The Bertz CT molecular complexity index is 1910. The molecular weight excluding hydrogens is 535 g/mol. The number of carboxylic acids is 1. The first kappa shape index (κ1) is 27.3. The average Bonchev–Trinajstić information content (AvgIpc) is 3.35. The van der Waals surface area contributed by atoms with Crippen LogP contribution in [0.3, 0.4) is 0 Å². The highest BCUT2D eigenvalue weighted by atomic mass is 19.4. The molecule has 10 heteroatoms. The molecule has 0 atom stereocenters. The van der Waals surface area contributed by atoms with E-state index in [-0.39, 0.29) is 17.9 Å². The van der Waals surface area contributed by atoms with Crippen molar-refractivity contribution in [2.45, 2.75) is 26.6 Å². The Morgan fingerprint density at radius 2 is 1.71 bits per heavy atom. The maximum atomic E-state index is 13.9. The first-order valence-corrected chi connectivity index (χ1v) is 12.4. The van der Waals surface area contributed by atoms with Gasteiger partial charge >= 0.3 is 12.1 Å². The third kappa shape index (κ3) is 5.43. The van der Waals surface area contributed by atoms with E-state index in [0.717, 1.165) is 22.8 Å². The fourth-order valence-electron chi connectivity index (χ4n) is 4.69.